The number of benzene rings is 1. The molecule has 0 radical (unpaired) electrons. The summed E-state index contributed by atoms with van der Waals surface area (Å²) >= 11 is 0. The van der Waals surface area contributed by atoms with E-state index in [0.717, 1.165) is 24.0 Å². The molecule has 1 aliphatic heterocycles. The van der Waals surface area contributed by atoms with Crippen LogP contribution in [0.25, 0.3) is 0 Å². The van der Waals surface area contributed by atoms with E-state index in [0.29, 0.717) is 18.6 Å². The van der Waals surface area contributed by atoms with Gasteiger partial charge in [-0.2, -0.15) is 0 Å². The fourth-order valence-electron chi connectivity index (χ4n) is 3.35. The molecule has 1 heterocycles. The molecule has 1 saturated heterocycles. The molecular formula is C17H28N2O2. The maximum atomic E-state index is 6.00. The van der Waals surface area contributed by atoms with E-state index < -0.39 is 0 Å². The maximum Gasteiger partial charge on any atom is 0.127 e. The molecule has 4 heteroatoms. The molecular weight excluding hydrogens is 264 g/mol. The van der Waals surface area contributed by atoms with Crippen LogP contribution in [-0.4, -0.2) is 38.3 Å². The summed E-state index contributed by atoms with van der Waals surface area (Å²) in [6, 6.07) is 6.81. The Morgan fingerprint density at radius 1 is 1.33 bits per heavy atom. The topological polar surface area (TPSA) is 47.7 Å². The number of nitrogens with two attached hydrogens (primary N) is 1. The highest BCUT2D eigenvalue weighted by Gasteiger charge is 2.30. The molecule has 0 bridgehead atoms. The van der Waals surface area contributed by atoms with Gasteiger partial charge in [-0.25, -0.2) is 0 Å². The summed E-state index contributed by atoms with van der Waals surface area (Å²) in [5.74, 6) is 2.47. The Hall–Kier alpha value is -1.26. The van der Waals surface area contributed by atoms with Gasteiger partial charge in [-0.15, -0.1) is 0 Å². The summed E-state index contributed by atoms with van der Waals surface area (Å²) in [4.78, 5) is 2.52. The van der Waals surface area contributed by atoms with Crippen LogP contribution < -0.4 is 15.2 Å². The standard InChI is InChI=1S/C17H28N2O2/c1-12-7-8-19(14(9-12)11-18)13(2)16-6-5-15(20-3)10-17(16)21-4/h5-6,10,12-14H,7-9,11,18H2,1-4H3. The van der Waals surface area contributed by atoms with Crippen molar-refractivity contribution in [3.05, 3.63) is 23.8 Å². The van der Waals surface area contributed by atoms with Crippen molar-refractivity contribution < 1.29 is 9.47 Å². The lowest BCUT2D eigenvalue weighted by Crippen LogP contribution is -2.47. The van der Waals surface area contributed by atoms with E-state index >= 15 is 0 Å². The Balaban J connectivity index is 2.24. The number of hydrogen-bond acceptors (Lipinski definition) is 4. The van der Waals surface area contributed by atoms with Crippen molar-refractivity contribution >= 4 is 0 Å². The number of piperidine rings is 1. The Morgan fingerprint density at radius 2 is 2.10 bits per heavy atom. The second-order valence-electron chi connectivity index (χ2n) is 6.04. The molecule has 118 valence electrons. The zero-order valence-electron chi connectivity index (χ0n) is 13.6. The summed E-state index contributed by atoms with van der Waals surface area (Å²) in [6.07, 6.45) is 2.42. The molecule has 1 aliphatic rings. The van der Waals surface area contributed by atoms with Crippen LogP contribution >= 0.6 is 0 Å². The predicted octanol–water partition coefficient (Wildman–Crippen LogP) is 2.82. The first kappa shape index (κ1) is 16.1. The molecule has 0 amide bonds. The highest BCUT2D eigenvalue weighted by atomic mass is 16.5. The van der Waals surface area contributed by atoms with Crippen molar-refractivity contribution in [1.82, 2.24) is 4.90 Å². The summed E-state index contributed by atoms with van der Waals surface area (Å²) in [5.41, 5.74) is 7.20. The lowest BCUT2D eigenvalue weighted by molar-refractivity contribution is 0.0822. The molecule has 21 heavy (non-hydrogen) atoms. The number of likely N-dealkylation sites (tertiary alicyclic amines) is 1. The number of ether oxygens (including phenoxy) is 2. The Kier molecular flexibility index (Phi) is 5.48. The third-order valence-corrected chi connectivity index (χ3v) is 4.68. The summed E-state index contributed by atoms with van der Waals surface area (Å²) in [6.45, 7) is 6.37. The van der Waals surface area contributed by atoms with Crippen molar-refractivity contribution in [3.8, 4) is 11.5 Å². The quantitative estimate of drug-likeness (QED) is 0.906. The smallest absolute Gasteiger partial charge is 0.127 e. The van der Waals surface area contributed by atoms with Crippen molar-refractivity contribution in [3.63, 3.8) is 0 Å². The van der Waals surface area contributed by atoms with Crippen molar-refractivity contribution in [1.29, 1.82) is 0 Å². The third kappa shape index (κ3) is 3.50. The molecule has 0 saturated carbocycles. The average molecular weight is 292 g/mol. The molecule has 1 fully saturated rings. The molecule has 2 N–H and O–H groups in total. The van der Waals surface area contributed by atoms with Crippen molar-refractivity contribution in [2.24, 2.45) is 11.7 Å². The van der Waals surface area contributed by atoms with Gasteiger partial charge < -0.3 is 15.2 Å². The predicted molar refractivity (Wildman–Crippen MR) is 85.9 cm³/mol. The minimum absolute atomic E-state index is 0.298. The molecule has 2 rings (SSSR count). The van der Waals surface area contributed by atoms with Crippen molar-refractivity contribution in [2.45, 2.75) is 38.8 Å². The van der Waals surface area contributed by atoms with Crippen LogP contribution in [0, 0.1) is 5.92 Å². The highest BCUT2D eigenvalue weighted by Crippen LogP contribution is 2.36. The van der Waals surface area contributed by atoms with Gasteiger partial charge in [-0.1, -0.05) is 13.0 Å². The van der Waals surface area contributed by atoms with Crippen LogP contribution in [0.15, 0.2) is 18.2 Å². The first-order valence-electron chi connectivity index (χ1n) is 7.78. The van der Waals surface area contributed by atoms with Gasteiger partial charge >= 0.3 is 0 Å². The normalized spacial score (nSPS) is 24.6. The minimum atomic E-state index is 0.298. The van der Waals surface area contributed by atoms with E-state index in [1.54, 1.807) is 14.2 Å². The van der Waals surface area contributed by atoms with Crippen LogP contribution in [-0.2, 0) is 0 Å². The number of rotatable bonds is 5. The summed E-state index contributed by atoms with van der Waals surface area (Å²) in [7, 11) is 3.39. The lowest BCUT2D eigenvalue weighted by Gasteiger charge is -2.42. The first-order chi connectivity index (χ1) is 10.1. The van der Waals surface area contributed by atoms with E-state index in [1.165, 1.54) is 18.4 Å². The zero-order chi connectivity index (χ0) is 15.4. The van der Waals surface area contributed by atoms with E-state index in [-0.39, 0.29) is 0 Å². The van der Waals surface area contributed by atoms with Crippen LogP contribution in [0.1, 0.15) is 38.3 Å². The fourth-order valence-corrected chi connectivity index (χ4v) is 3.35. The van der Waals surface area contributed by atoms with Crippen LogP contribution in [0.5, 0.6) is 11.5 Å². The van der Waals surface area contributed by atoms with Crippen LogP contribution in [0.2, 0.25) is 0 Å². The van der Waals surface area contributed by atoms with Gasteiger partial charge in [0.05, 0.1) is 14.2 Å². The largest absolute Gasteiger partial charge is 0.497 e. The Bertz CT molecular complexity index is 464. The van der Waals surface area contributed by atoms with Crippen molar-refractivity contribution in [2.75, 3.05) is 27.3 Å². The van der Waals surface area contributed by atoms with Gasteiger partial charge in [0.25, 0.3) is 0 Å². The van der Waals surface area contributed by atoms with E-state index in [4.69, 9.17) is 15.2 Å². The molecule has 0 aromatic heterocycles. The molecule has 0 aliphatic carbocycles. The average Bonchev–Trinajstić information content (AvgIpc) is 2.53. The van der Waals surface area contributed by atoms with E-state index in [9.17, 15) is 0 Å². The number of hydrogen-bond donors (Lipinski definition) is 1. The third-order valence-electron chi connectivity index (χ3n) is 4.68. The molecule has 1 aromatic carbocycles. The zero-order valence-corrected chi connectivity index (χ0v) is 13.6. The SMILES string of the molecule is COc1ccc(C(C)N2CCC(C)CC2CN)c(OC)c1. The van der Waals surface area contributed by atoms with Gasteiger partial charge in [0.15, 0.2) is 0 Å². The number of nitrogens with zero attached hydrogens (tertiary/aromatic N) is 1. The Morgan fingerprint density at radius 3 is 2.71 bits per heavy atom. The monoisotopic (exact) mass is 292 g/mol. The van der Waals surface area contributed by atoms with Crippen LogP contribution in [0.3, 0.4) is 0 Å². The van der Waals surface area contributed by atoms with E-state index in [2.05, 4.69) is 24.8 Å². The fraction of sp³-hybridized carbons (Fsp3) is 0.647. The lowest BCUT2D eigenvalue weighted by atomic mass is 9.90. The first-order valence-corrected chi connectivity index (χ1v) is 7.78. The molecule has 4 nitrogen and oxygen atoms in total. The molecule has 0 spiro atoms. The van der Waals surface area contributed by atoms with Crippen LogP contribution in [0.4, 0.5) is 0 Å². The van der Waals surface area contributed by atoms with E-state index in [1.807, 2.05) is 12.1 Å². The molecule has 3 unspecified atom stereocenters. The maximum absolute atomic E-state index is 6.00. The molecule has 1 aromatic rings. The number of methoxy groups -OCH3 is 2. The van der Waals surface area contributed by atoms with Gasteiger partial charge in [0.2, 0.25) is 0 Å². The Labute approximate surface area is 128 Å². The minimum Gasteiger partial charge on any atom is -0.497 e. The summed E-state index contributed by atoms with van der Waals surface area (Å²) < 4.78 is 10.8. The highest BCUT2D eigenvalue weighted by molar-refractivity contribution is 5.42. The van der Waals surface area contributed by atoms with Gasteiger partial charge in [-0.05, 0) is 38.3 Å². The van der Waals surface area contributed by atoms with Gasteiger partial charge in [0, 0.05) is 30.3 Å². The molecule has 3 atom stereocenters. The second kappa shape index (κ2) is 7.14. The second-order valence-corrected chi connectivity index (χ2v) is 6.04. The summed E-state index contributed by atoms with van der Waals surface area (Å²) in [5, 5.41) is 0. The van der Waals surface area contributed by atoms with Gasteiger partial charge in [0.1, 0.15) is 11.5 Å². The van der Waals surface area contributed by atoms with Gasteiger partial charge in [-0.3, -0.25) is 4.90 Å².